The fraction of sp³-hybridized carbons (Fsp3) is 0.615. The molecule has 0 saturated heterocycles. The lowest BCUT2D eigenvalue weighted by atomic mass is 9.93. The second-order valence-corrected chi connectivity index (χ2v) is 4.91. The second-order valence-electron chi connectivity index (χ2n) is 4.91. The third-order valence-corrected chi connectivity index (χ3v) is 3.98. The van der Waals surface area contributed by atoms with Crippen LogP contribution in [0.5, 0.6) is 0 Å². The molecule has 1 saturated carbocycles. The van der Waals surface area contributed by atoms with E-state index in [-0.39, 0.29) is 0 Å². The van der Waals surface area contributed by atoms with Gasteiger partial charge in [0.25, 0.3) is 0 Å². The molecule has 1 fully saturated rings. The predicted octanol–water partition coefficient (Wildman–Crippen LogP) is 2.60. The number of nitrogens with one attached hydrogen (secondary N) is 2. The van der Waals surface area contributed by atoms with Gasteiger partial charge in [-0.1, -0.05) is 26.3 Å². The zero-order valence-corrected chi connectivity index (χ0v) is 10.6. The van der Waals surface area contributed by atoms with Gasteiger partial charge in [-0.3, -0.25) is 0 Å². The first-order valence-electron chi connectivity index (χ1n) is 6.44. The van der Waals surface area contributed by atoms with Crippen molar-refractivity contribution in [3.8, 4) is 0 Å². The number of hydrogen-bond acceptors (Lipinski definition) is 4. The van der Waals surface area contributed by atoms with Gasteiger partial charge in [0, 0.05) is 6.04 Å². The first kappa shape index (κ1) is 12.2. The molecule has 0 bridgehead atoms. The number of nitrogens with zero attached hydrogens (tertiary/aromatic N) is 1. The third kappa shape index (κ3) is 2.69. The summed E-state index contributed by atoms with van der Waals surface area (Å²) in [6.07, 6.45) is 3.84. The minimum absolute atomic E-state index is 0.542. The number of anilines is 2. The van der Waals surface area contributed by atoms with Crippen molar-refractivity contribution >= 4 is 11.6 Å². The summed E-state index contributed by atoms with van der Waals surface area (Å²) in [6, 6.07) is 6.35. The summed E-state index contributed by atoms with van der Waals surface area (Å²) < 4.78 is 0. The SMILES string of the molecule is CCC1CCC(Nc2cccc(NN)n2)C1C. The predicted molar refractivity (Wildman–Crippen MR) is 71.6 cm³/mol. The molecule has 17 heavy (non-hydrogen) atoms. The summed E-state index contributed by atoms with van der Waals surface area (Å²) in [5.74, 6) is 8.54. The van der Waals surface area contributed by atoms with E-state index in [4.69, 9.17) is 5.84 Å². The Labute approximate surface area is 103 Å². The normalized spacial score (nSPS) is 28.1. The molecule has 94 valence electrons. The molecule has 1 aromatic rings. The number of hydrazine groups is 1. The Balaban J connectivity index is 2.01. The largest absolute Gasteiger partial charge is 0.367 e. The van der Waals surface area contributed by atoms with Crippen molar-refractivity contribution in [2.75, 3.05) is 10.7 Å². The first-order valence-corrected chi connectivity index (χ1v) is 6.44. The number of nitrogens with two attached hydrogens (primary N) is 1. The average Bonchev–Trinajstić information content (AvgIpc) is 2.71. The van der Waals surface area contributed by atoms with Crippen LogP contribution in [0.25, 0.3) is 0 Å². The minimum atomic E-state index is 0.542. The van der Waals surface area contributed by atoms with E-state index in [1.54, 1.807) is 0 Å². The van der Waals surface area contributed by atoms with Crippen molar-refractivity contribution in [3.63, 3.8) is 0 Å². The lowest BCUT2D eigenvalue weighted by Gasteiger charge is -2.21. The van der Waals surface area contributed by atoms with Crippen LogP contribution in [0.3, 0.4) is 0 Å². The van der Waals surface area contributed by atoms with Gasteiger partial charge in [0.1, 0.15) is 11.6 Å². The minimum Gasteiger partial charge on any atom is -0.367 e. The molecule has 1 aliphatic rings. The van der Waals surface area contributed by atoms with Crippen LogP contribution in [0.15, 0.2) is 18.2 Å². The van der Waals surface area contributed by atoms with Gasteiger partial charge in [0.2, 0.25) is 0 Å². The quantitative estimate of drug-likeness (QED) is 0.553. The number of pyridine rings is 1. The highest BCUT2D eigenvalue weighted by Gasteiger charge is 2.31. The van der Waals surface area contributed by atoms with Crippen molar-refractivity contribution in [2.24, 2.45) is 17.7 Å². The van der Waals surface area contributed by atoms with Gasteiger partial charge < -0.3 is 10.7 Å². The van der Waals surface area contributed by atoms with Gasteiger partial charge in [0.05, 0.1) is 0 Å². The summed E-state index contributed by atoms with van der Waals surface area (Å²) >= 11 is 0. The van der Waals surface area contributed by atoms with Crippen LogP contribution in [0, 0.1) is 11.8 Å². The Bertz CT molecular complexity index is 366. The van der Waals surface area contributed by atoms with Crippen LogP contribution in [0.4, 0.5) is 11.6 Å². The number of nitrogen functional groups attached to an aromatic ring is 1. The van der Waals surface area contributed by atoms with E-state index in [2.05, 4.69) is 29.6 Å². The Morgan fingerprint density at radius 1 is 1.35 bits per heavy atom. The van der Waals surface area contributed by atoms with Gasteiger partial charge in [-0.25, -0.2) is 10.8 Å². The maximum atomic E-state index is 5.36. The van der Waals surface area contributed by atoms with Crippen LogP contribution in [-0.2, 0) is 0 Å². The lowest BCUT2D eigenvalue weighted by Crippen LogP contribution is -2.25. The fourth-order valence-electron chi connectivity index (χ4n) is 2.81. The number of aromatic nitrogens is 1. The highest BCUT2D eigenvalue weighted by atomic mass is 15.3. The molecule has 1 heterocycles. The van der Waals surface area contributed by atoms with Crippen LogP contribution in [-0.4, -0.2) is 11.0 Å². The molecule has 3 unspecified atom stereocenters. The van der Waals surface area contributed by atoms with E-state index in [0.717, 1.165) is 17.7 Å². The smallest absolute Gasteiger partial charge is 0.142 e. The van der Waals surface area contributed by atoms with Gasteiger partial charge in [-0.05, 0) is 36.8 Å². The van der Waals surface area contributed by atoms with E-state index in [1.165, 1.54) is 19.3 Å². The van der Waals surface area contributed by atoms with Crippen molar-refractivity contribution in [1.82, 2.24) is 4.98 Å². The maximum Gasteiger partial charge on any atom is 0.142 e. The van der Waals surface area contributed by atoms with E-state index >= 15 is 0 Å². The highest BCUT2D eigenvalue weighted by Crippen LogP contribution is 2.35. The van der Waals surface area contributed by atoms with Crippen LogP contribution < -0.4 is 16.6 Å². The zero-order chi connectivity index (χ0) is 12.3. The van der Waals surface area contributed by atoms with Crippen LogP contribution >= 0.6 is 0 Å². The Kier molecular flexibility index (Phi) is 3.84. The molecule has 4 nitrogen and oxygen atoms in total. The molecular formula is C13H22N4. The van der Waals surface area contributed by atoms with Gasteiger partial charge in [-0.2, -0.15) is 0 Å². The van der Waals surface area contributed by atoms with E-state index in [1.807, 2.05) is 18.2 Å². The summed E-state index contributed by atoms with van der Waals surface area (Å²) in [4.78, 5) is 4.39. The molecular weight excluding hydrogens is 212 g/mol. The Hall–Kier alpha value is -1.29. The number of rotatable bonds is 4. The Morgan fingerprint density at radius 2 is 2.12 bits per heavy atom. The van der Waals surface area contributed by atoms with Crippen molar-refractivity contribution in [2.45, 2.75) is 39.2 Å². The van der Waals surface area contributed by atoms with E-state index in [0.29, 0.717) is 11.9 Å². The maximum absolute atomic E-state index is 5.36. The molecule has 3 atom stereocenters. The van der Waals surface area contributed by atoms with Crippen LogP contribution in [0.1, 0.15) is 33.1 Å². The van der Waals surface area contributed by atoms with Gasteiger partial charge in [-0.15, -0.1) is 0 Å². The molecule has 1 aliphatic carbocycles. The molecule has 0 aromatic carbocycles. The van der Waals surface area contributed by atoms with Crippen LogP contribution in [0.2, 0.25) is 0 Å². The van der Waals surface area contributed by atoms with Crippen molar-refractivity contribution < 1.29 is 0 Å². The van der Waals surface area contributed by atoms with E-state index in [9.17, 15) is 0 Å². The molecule has 0 aliphatic heterocycles. The molecule has 0 spiro atoms. The summed E-state index contributed by atoms with van der Waals surface area (Å²) in [5.41, 5.74) is 2.57. The average molecular weight is 234 g/mol. The standard InChI is InChI=1S/C13H22N4/c1-3-10-7-8-11(9(10)2)15-12-5-4-6-13(16-12)17-14/h4-6,9-11H,3,7-8,14H2,1-2H3,(H2,15,16,17). The summed E-state index contributed by atoms with van der Waals surface area (Å²) in [5, 5.41) is 3.52. The molecule has 4 N–H and O–H groups in total. The lowest BCUT2D eigenvalue weighted by molar-refractivity contribution is 0.391. The Morgan fingerprint density at radius 3 is 2.76 bits per heavy atom. The zero-order valence-electron chi connectivity index (χ0n) is 10.6. The number of hydrogen-bond donors (Lipinski definition) is 3. The molecule has 0 amide bonds. The summed E-state index contributed by atoms with van der Waals surface area (Å²) in [7, 11) is 0. The van der Waals surface area contributed by atoms with E-state index < -0.39 is 0 Å². The fourth-order valence-corrected chi connectivity index (χ4v) is 2.81. The molecule has 2 rings (SSSR count). The highest BCUT2D eigenvalue weighted by molar-refractivity contribution is 5.45. The third-order valence-electron chi connectivity index (χ3n) is 3.98. The van der Waals surface area contributed by atoms with Crippen molar-refractivity contribution in [1.29, 1.82) is 0 Å². The van der Waals surface area contributed by atoms with Gasteiger partial charge in [0.15, 0.2) is 0 Å². The topological polar surface area (TPSA) is 63.0 Å². The second kappa shape index (κ2) is 5.36. The van der Waals surface area contributed by atoms with Gasteiger partial charge >= 0.3 is 0 Å². The monoisotopic (exact) mass is 234 g/mol. The molecule has 4 heteroatoms. The molecule has 1 aromatic heterocycles. The summed E-state index contributed by atoms with van der Waals surface area (Å²) in [6.45, 7) is 4.62. The first-order chi connectivity index (χ1) is 8.24. The molecule has 0 radical (unpaired) electrons. The van der Waals surface area contributed by atoms with Crippen molar-refractivity contribution in [3.05, 3.63) is 18.2 Å².